The molecule has 0 radical (unpaired) electrons. The lowest BCUT2D eigenvalue weighted by Crippen LogP contribution is -2.43. The summed E-state index contributed by atoms with van der Waals surface area (Å²) in [6, 6.07) is 10.3. The van der Waals surface area contributed by atoms with E-state index >= 15 is 0 Å². The fourth-order valence-corrected chi connectivity index (χ4v) is 4.67. The van der Waals surface area contributed by atoms with Crippen LogP contribution in [0.15, 0.2) is 36.4 Å². The van der Waals surface area contributed by atoms with Gasteiger partial charge in [0.1, 0.15) is 0 Å². The van der Waals surface area contributed by atoms with Gasteiger partial charge in [-0.15, -0.1) is 0 Å². The first-order valence-corrected chi connectivity index (χ1v) is 10.0. The Morgan fingerprint density at radius 2 is 2.00 bits per heavy atom. The van der Waals surface area contributed by atoms with Crippen LogP contribution in [0, 0.1) is 11.3 Å². The molecule has 3 aliphatic rings. The lowest BCUT2D eigenvalue weighted by molar-refractivity contribution is -0.127. The first-order valence-electron chi connectivity index (χ1n) is 10.0. The van der Waals surface area contributed by atoms with Gasteiger partial charge in [0.15, 0.2) is 0 Å². The molecule has 1 amide bonds. The highest BCUT2D eigenvalue weighted by Gasteiger charge is 2.44. The van der Waals surface area contributed by atoms with Gasteiger partial charge in [-0.1, -0.05) is 42.5 Å². The van der Waals surface area contributed by atoms with E-state index in [0.29, 0.717) is 11.8 Å². The Labute approximate surface area is 156 Å². The van der Waals surface area contributed by atoms with Crippen molar-refractivity contribution in [3.05, 3.63) is 42.0 Å². The minimum Gasteiger partial charge on any atom is -0.381 e. The Bertz CT molecular complexity index is 629. The van der Waals surface area contributed by atoms with Crippen LogP contribution in [0.1, 0.15) is 31.2 Å². The summed E-state index contributed by atoms with van der Waals surface area (Å²) >= 11 is 0. The van der Waals surface area contributed by atoms with Gasteiger partial charge in [0.05, 0.1) is 6.61 Å². The molecule has 3 aliphatic heterocycles. The highest BCUT2D eigenvalue weighted by molar-refractivity contribution is 5.79. The zero-order chi connectivity index (χ0) is 17.8. The average molecular weight is 354 g/mol. The number of hydrogen-bond acceptors (Lipinski definition) is 3. The van der Waals surface area contributed by atoms with Crippen LogP contribution in [-0.4, -0.2) is 61.6 Å². The number of ether oxygens (including phenoxy) is 1. The van der Waals surface area contributed by atoms with Gasteiger partial charge in [0.25, 0.3) is 0 Å². The number of carbonyl (C=O) groups excluding carboxylic acids is 1. The summed E-state index contributed by atoms with van der Waals surface area (Å²) in [4.78, 5) is 17.2. The average Bonchev–Trinajstić information content (AvgIpc) is 3.27. The predicted molar refractivity (Wildman–Crippen MR) is 104 cm³/mol. The van der Waals surface area contributed by atoms with Crippen molar-refractivity contribution in [2.75, 3.05) is 45.9 Å². The minimum absolute atomic E-state index is 0.223. The molecule has 26 heavy (non-hydrogen) atoms. The summed E-state index contributed by atoms with van der Waals surface area (Å²) in [6.45, 7) is 6.98. The van der Waals surface area contributed by atoms with Crippen molar-refractivity contribution in [3.63, 3.8) is 0 Å². The standard InChI is InChI=1S/C22H30N2O2/c25-21-15-22(9-12-23(13-10-22)16-20-8-14-26-17-20)18-24(21)11-4-7-19-5-2-1-3-6-19/h1-7,20H,8-18H2/b7-4+/t20-/m0/s1. The first kappa shape index (κ1) is 17.7. The smallest absolute Gasteiger partial charge is 0.223 e. The van der Waals surface area contributed by atoms with Crippen molar-refractivity contribution >= 4 is 12.0 Å². The summed E-state index contributed by atoms with van der Waals surface area (Å²) < 4.78 is 5.51. The molecule has 3 fully saturated rings. The molecule has 0 saturated carbocycles. The summed E-state index contributed by atoms with van der Waals surface area (Å²) in [5.74, 6) is 1.05. The van der Waals surface area contributed by atoms with Crippen LogP contribution in [0.25, 0.3) is 6.08 Å². The topological polar surface area (TPSA) is 32.8 Å². The molecule has 0 aliphatic carbocycles. The number of carbonyl (C=O) groups is 1. The number of amides is 1. The largest absolute Gasteiger partial charge is 0.381 e. The van der Waals surface area contributed by atoms with Crippen molar-refractivity contribution in [2.45, 2.75) is 25.7 Å². The number of benzene rings is 1. The lowest BCUT2D eigenvalue weighted by Gasteiger charge is -2.39. The minimum atomic E-state index is 0.223. The van der Waals surface area contributed by atoms with Crippen molar-refractivity contribution in [2.24, 2.45) is 11.3 Å². The summed E-state index contributed by atoms with van der Waals surface area (Å²) in [5.41, 5.74) is 1.42. The molecule has 1 spiro atoms. The second-order valence-corrected chi connectivity index (χ2v) is 8.29. The Kier molecular flexibility index (Phi) is 5.41. The molecule has 0 unspecified atom stereocenters. The van der Waals surface area contributed by atoms with Crippen LogP contribution < -0.4 is 0 Å². The Morgan fingerprint density at radius 3 is 2.73 bits per heavy atom. The maximum absolute atomic E-state index is 12.5. The van der Waals surface area contributed by atoms with E-state index in [1.165, 1.54) is 18.5 Å². The normalized spacial score (nSPS) is 26.4. The second kappa shape index (κ2) is 7.93. The van der Waals surface area contributed by atoms with E-state index in [9.17, 15) is 4.79 Å². The number of hydrogen-bond donors (Lipinski definition) is 0. The molecule has 0 aromatic heterocycles. The van der Waals surface area contributed by atoms with Crippen molar-refractivity contribution in [1.82, 2.24) is 9.80 Å². The molecular formula is C22H30N2O2. The first-order chi connectivity index (χ1) is 12.7. The van der Waals surface area contributed by atoms with E-state index in [1.54, 1.807) is 0 Å². The van der Waals surface area contributed by atoms with E-state index < -0.39 is 0 Å². The van der Waals surface area contributed by atoms with Gasteiger partial charge in [-0.05, 0) is 49.2 Å². The number of nitrogens with zero attached hydrogens (tertiary/aromatic N) is 2. The van der Waals surface area contributed by atoms with Crippen LogP contribution in [0.4, 0.5) is 0 Å². The molecule has 1 atom stereocenters. The van der Waals surface area contributed by atoms with Crippen molar-refractivity contribution < 1.29 is 9.53 Å². The number of likely N-dealkylation sites (tertiary alicyclic amines) is 2. The molecule has 4 rings (SSSR count). The van der Waals surface area contributed by atoms with Gasteiger partial charge in [-0.3, -0.25) is 4.79 Å². The van der Waals surface area contributed by atoms with E-state index in [0.717, 1.165) is 58.7 Å². The Morgan fingerprint density at radius 1 is 1.19 bits per heavy atom. The quantitative estimate of drug-likeness (QED) is 0.815. The molecule has 3 heterocycles. The van der Waals surface area contributed by atoms with Crippen LogP contribution in [0.5, 0.6) is 0 Å². The molecule has 4 nitrogen and oxygen atoms in total. The third-order valence-corrected chi connectivity index (χ3v) is 6.30. The van der Waals surface area contributed by atoms with Crippen LogP contribution in [0.3, 0.4) is 0 Å². The third kappa shape index (κ3) is 4.18. The van der Waals surface area contributed by atoms with Crippen LogP contribution in [-0.2, 0) is 9.53 Å². The lowest BCUT2D eigenvalue weighted by atomic mass is 9.77. The molecule has 1 aromatic rings. The fraction of sp³-hybridized carbons (Fsp3) is 0.591. The molecule has 0 bridgehead atoms. The van der Waals surface area contributed by atoms with Crippen molar-refractivity contribution in [1.29, 1.82) is 0 Å². The van der Waals surface area contributed by atoms with Gasteiger partial charge in [-0.25, -0.2) is 0 Å². The maximum Gasteiger partial charge on any atom is 0.223 e. The second-order valence-electron chi connectivity index (χ2n) is 8.29. The zero-order valence-electron chi connectivity index (χ0n) is 15.6. The maximum atomic E-state index is 12.5. The number of rotatable bonds is 5. The Hall–Kier alpha value is -1.65. The molecule has 3 saturated heterocycles. The Balaban J connectivity index is 1.27. The van der Waals surface area contributed by atoms with Gasteiger partial charge in [0, 0.05) is 32.7 Å². The van der Waals surface area contributed by atoms with Gasteiger partial charge in [-0.2, -0.15) is 0 Å². The fourth-order valence-electron chi connectivity index (χ4n) is 4.67. The summed E-state index contributed by atoms with van der Waals surface area (Å²) in [5, 5.41) is 0. The molecule has 140 valence electrons. The van der Waals surface area contributed by atoms with Crippen molar-refractivity contribution in [3.8, 4) is 0 Å². The zero-order valence-corrected chi connectivity index (χ0v) is 15.6. The molecular weight excluding hydrogens is 324 g/mol. The third-order valence-electron chi connectivity index (χ3n) is 6.30. The SMILES string of the molecule is O=C1CC2(CCN(C[C@@H]3CCOC3)CC2)CN1C/C=C/c1ccccc1. The highest BCUT2D eigenvalue weighted by atomic mass is 16.5. The van der Waals surface area contributed by atoms with Gasteiger partial charge < -0.3 is 14.5 Å². The summed E-state index contributed by atoms with van der Waals surface area (Å²) in [7, 11) is 0. The van der Waals surface area contributed by atoms with E-state index in [-0.39, 0.29) is 5.41 Å². The van der Waals surface area contributed by atoms with E-state index in [2.05, 4.69) is 34.1 Å². The molecule has 4 heteroatoms. The van der Waals surface area contributed by atoms with Gasteiger partial charge >= 0.3 is 0 Å². The van der Waals surface area contributed by atoms with Gasteiger partial charge in [0.2, 0.25) is 5.91 Å². The predicted octanol–water partition coefficient (Wildman–Crippen LogP) is 3.05. The highest BCUT2D eigenvalue weighted by Crippen LogP contribution is 2.41. The summed E-state index contributed by atoms with van der Waals surface area (Å²) in [6.07, 6.45) is 8.51. The van der Waals surface area contributed by atoms with Crippen LogP contribution >= 0.6 is 0 Å². The monoisotopic (exact) mass is 354 g/mol. The number of piperidine rings is 1. The molecule has 0 N–H and O–H groups in total. The van der Waals surface area contributed by atoms with E-state index in [4.69, 9.17) is 4.74 Å². The molecule has 1 aromatic carbocycles. The van der Waals surface area contributed by atoms with Crippen LogP contribution in [0.2, 0.25) is 0 Å². The van der Waals surface area contributed by atoms with E-state index in [1.807, 2.05) is 18.2 Å².